The van der Waals surface area contributed by atoms with Crippen LogP contribution in [0.2, 0.25) is 0 Å². The van der Waals surface area contributed by atoms with Crippen LogP contribution in [0.5, 0.6) is 0 Å². The Morgan fingerprint density at radius 1 is 1.33 bits per heavy atom. The summed E-state index contributed by atoms with van der Waals surface area (Å²) in [4.78, 5) is 10.9. The van der Waals surface area contributed by atoms with Gasteiger partial charge in [0.15, 0.2) is 0 Å². The zero-order valence-corrected chi connectivity index (χ0v) is 7.93. The van der Waals surface area contributed by atoms with Crippen LogP contribution in [-0.2, 0) is 15.9 Å². The number of Topliss-reactive ketones (excluding diaryl/α,β-unsaturated/α-hetero) is 1. The van der Waals surface area contributed by atoms with Crippen LogP contribution < -0.4 is 0 Å². The van der Waals surface area contributed by atoms with Crippen molar-refractivity contribution in [1.29, 1.82) is 0 Å². The first-order valence-electron chi connectivity index (χ1n) is 4.19. The van der Waals surface area contributed by atoms with Gasteiger partial charge in [-0.25, -0.2) is 0 Å². The number of hydrogen-bond acceptors (Lipinski definition) is 3. The predicted octanol–water partition coefficient (Wildman–Crippen LogP) is 1.01. The van der Waals surface area contributed by atoms with Gasteiger partial charge in [0.05, 0.1) is 0 Å². The van der Waals surface area contributed by atoms with Crippen molar-refractivity contribution in [2.24, 2.45) is 5.92 Å². The van der Waals surface area contributed by atoms with E-state index in [2.05, 4.69) is 0 Å². The summed E-state index contributed by atoms with van der Waals surface area (Å²) in [7, 11) is 0. The van der Waals surface area contributed by atoms with Crippen molar-refractivity contribution in [2.75, 3.05) is 0 Å². The van der Waals surface area contributed by atoms with Gasteiger partial charge in [0.25, 0.3) is 0 Å². The average molecular weight is 189 g/mol. The molecule has 1 fully saturated rings. The van der Waals surface area contributed by atoms with E-state index in [0.29, 0.717) is 12.8 Å². The fourth-order valence-corrected chi connectivity index (χ4v) is 2.32. The first kappa shape index (κ1) is 9.86. The quantitative estimate of drug-likeness (QED) is 0.609. The van der Waals surface area contributed by atoms with Gasteiger partial charge >= 0.3 is 0 Å². The summed E-state index contributed by atoms with van der Waals surface area (Å²) in [6, 6.07) is 0. The summed E-state index contributed by atoms with van der Waals surface area (Å²) in [5.41, 5.74) is 0. The molecule has 1 atom stereocenters. The van der Waals surface area contributed by atoms with Crippen molar-refractivity contribution in [1.82, 2.24) is 0 Å². The zero-order chi connectivity index (χ0) is 9.14. The summed E-state index contributed by atoms with van der Waals surface area (Å²) >= 11 is -1.94. The Morgan fingerprint density at radius 2 is 1.83 bits per heavy atom. The van der Waals surface area contributed by atoms with Crippen LogP contribution in [0.15, 0.2) is 0 Å². The second-order valence-electron chi connectivity index (χ2n) is 3.34. The molecule has 1 rings (SSSR count). The molecule has 3 nitrogen and oxygen atoms in total. The van der Waals surface area contributed by atoms with Crippen LogP contribution in [-0.4, -0.2) is 19.8 Å². The van der Waals surface area contributed by atoms with Crippen LogP contribution >= 0.6 is 0 Å². The number of rotatable bonds is 2. The lowest BCUT2D eigenvalue weighted by molar-refractivity contribution is -0.121. The third-order valence-corrected chi connectivity index (χ3v) is 3.54. The van der Waals surface area contributed by atoms with E-state index < -0.39 is 11.1 Å². The van der Waals surface area contributed by atoms with Crippen LogP contribution in [0, 0.1) is 5.92 Å². The third-order valence-electron chi connectivity index (χ3n) is 2.52. The summed E-state index contributed by atoms with van der Waals surface area (Å²) in [6.07, 6.45) is 2.79. The molecule has 1 aliphatic carbocycles. The molecule has 0 aromatic rings. The van der Waals surface area contributed by atoms with Crippen LogP contribution in [0.1, 0.15) is 32.6 Å². The molecule has 1 saturated carbocycles. The molecule has 4 heteroatoms. The molecule has 0 spiro atoms. The van der Waals surface area contributed by atoms with Gasteiger partial charge in [0.2, 0.25) is 0 Å². The van der Waals surface area contributed by atoms with Crippen molar-refractivity contribution in [2.45, 2.75) is 37.9 Å². The molecule has 0 N–H and O–H groups in total. The minimum atomic E-state index is -1.94. The van der Waals surface area contributed by atoms with Gasteiger partial charge in [0.1, 0.15) is 5.78 Å². The van der Waals surface area contributed by atoms with Gasteiger partial charge in [-0.3, -0.25) is 9.00 Å². The first-order chi connectivity index (χ1) is 5.61. The topological polar surface area (TPSA) is 57.2 Å². The van der Waals surface area contributed by atoms with Crippen molar-refractivity contribution in [3.05, 3.63) is 0 Å². The minimum absolute atomic E-state index is 0.116. The Balaban J connectivity index is 2.39. The van der Waals surface area contributed by atoms with E-state index in [1.54, 1.807) is 6.92 Å². The van der Waals surface area contributed by atoms with E-state index in [1.165, 1.54) is 0 Å². The Bertz CT molecular complexity index is 172. The highest BCUT2D eigenvalue weighted by Gasteiger charge is 2.24. The highest BCUT2D eigenvalue weighted by molar-refractivity contribution is 7.79. The van der Waals surface area contributed by atoms with E-state index in [0.717, 1.165) is 12.8 Å². The maximum absolute atomic E-state index is 10.9. The normalized spacial score (nSPS) is 32.8. The maximum Gasteiger partial charge on any atom is 0.132 e. The van der Waals surface area contributed by atoms with Gasteiger partial charge in [-0.05, 0) is 32.6 Å². The molecule has 1 unspecified atom stereocenters. The van der Waals surface area contributed by atoms with Crippen molar-refractivity contribution < 1.29 is 13.6 Å². The van der Waals surface area contributed by atoms with Crippen molar-refractivity contribution in [3.63, 3.8) is 0 Å². The molecule has 0 heterocycles. The van der Waals surface area contributed by atoms with Crippen molar-refractivity contribution >= 4 is 16.9 Å². The smallest absolute Gasteiger partial charge is 0.132 e. The molecule has 70 valence electrons. The van der Waals surface area contributed by atoms with E-state index in [-0.39, 0.29) is 17.0 Å². The van der Waals surface area contributed by atoms with Crippen molar-refractivity contribution in [3.8, 4) is 0 Å². The summed E-state index contributed by atoms with van der Waals surface area (Å²) in [6.45, 7) is 1.58. The monoisotopic (exact) mass is 189 g/mol. The summed E-state index contributed by atoms with van der Waals surface area (Å²) < 4.78 is 21.1. The largest absolute Gasteiger partial charge is 0.772 e. The average Bonchev–Trinajstić information content (AvgIpc) is 2.04. The van der Waals surface area contributed by atoms with Crippen LogP contribution in [0.4, 0.5) is 0 Å². The van der Waals surface area contributed by atoms with Gasteiger partial charge in [0, 0.05) is 11.2 Å². The molecule has 0 amide bonds. The number of hydrogen-bond donors (Lipinski definition) is 0. The second kappa shape index (κ2) is 4.14. The summed E-state index contributed by atoms with van der Waals surface area (Å²) in [5, 5.41) is -0.208. The number of carbonyl (C=O) groups is 1. The highest BCUT2D eigenvalue weighted by Crippen LogP contribution is 2.27. The Kier molecular flexibility index (Phi) is 3.40. The fourth-order valence-electron chi connectivity index (χ4n) is 1.66. The number of ketones is 1. The third kappa shape index (κ3) is 2.38. The first-order valence-corrected chi connectivity index (χ1v) is 5.33. The lowest BCUT2D eigenvalue weighted by Gasteiger charge is -2.28. The molecular weight excluding hydrogens is 176 g/mol. The van der Waals surface area contributed by atoms with Gasteiger partial charge in [-0.15, -0.1) is 0 Å². The predicted molar refractivity (Wildman–Crippen MR) is 45.3 cm³/mol. The summed E-state index contributed by atoms with van der Waals surface area (Å²) in [5.74, 6) is 0.315. The van der Waals surface area contributed by atoms with Crippen LogP contribution in [0.3, 0.4) is 0 Å². The SMILES string of the molecule is CC(=O)C1CCC(S(=O)[O-])CC1. The molecule has 0 bridgehead atoms. The Labute approximate surface area is 74.8 Å². The van der Waals surface area contributed by atoms with Gasteiger partial charge in [-0.2, -0.15) is 0 Å². The molecule has 0 aromatic heterocycles. The van der Waals surface area contributed by atoms with Crippen LogP contribution in [0.25, 0.3) is 0 Å². The highest BCUT2D eigenvalue weighted by atomic mass is 32.2. The maximum atomic E-state index is 10.9. The lowest BCUT2D eigenvalue weighted by atomic mass is 9.86. The minimum Gasteiger partial charge on any atom is -0.772 e. The van der Waals surface area contributed by atoms with E-state index in [1.807, 2.05) is 0 Å². The fraction of sp³-hybridized carbons (Fsp3) is 0.875. The Morgan fingerprint density at radius 3 is 2.17 bits per heavy atom. The van der Waals surface area contributed by atoms with E-state index >= 15 is 0 Å². The molecular formula is C8H13O3S-. The molecule has 12 heavy (non-hydrogen) atoms. The molecule has 0 aliphatic heterocycles. The Hall–Kier alpha value is -0.220. The second-order valence-corrected chi connectivity index (χ2v) is 4.53. The molecule has 0 aromatic carbocycles. The van der Waals surface area contributed by atoms with E-state index in [9.17, 15) is 13.6 Å². The zero-order valence-electron chi connectivity index (χ0n) is 7.12. The molecule has 1 aliphatic rings. The molecule has 0 saturated heterocycles. The van der Waals surface area contributed by atoms with Gasteiger partial charge in [-0.1, -0.05) is 11.1 Å². The standard InChI is InChI=1S/C8H14O3S/c1-6(9)7-2-4-8(5-3-7)12(10)11/h7-8H,2-5H2,1H3,(H,10,11)/p-1. The number of carbonyl (C=O) groups excluding carboxylic acids is 1. The lowest BCUT2D eigenvalue weighted by Crippen LogP contribution is -2.25. The molecule has 0 radical (unpaired) electrons. The van der Waals surface area contributed by atoms with Gasteiger partial charge < -0.3 is 4.55 Å². The van der Waals surface area contributed by atoms with E-state index in [4.69, 9.17) is 0 Å².